The Morgan fingerprint density at radius 3 is 2.54 bits per heavy atom. The largest absolute Gasteiger partial charge is 0.456 e. The number of esters is 1. The maximum Gasteiger partial charge on any atom is 0.336 e. The maximum absolute atomic E-state index is 11.3. The molecular weight excluding hydrogens is 172 g/mol. The van der Waals surface area contributed by atoms with Gasteiger partial charge in [0.15, 0.2) is 0 Å². The molecule has 0 bridgehead atoms. The Kier molecular flexibility index (Phi) is 1.89. The molecule has 0 amide bonds. The summed E-state index contributed by atoms with van der Waals surface area (Å²) in [6.45, 7) is 3.54. The Hall–Kier alpha value is -0.870. The minimum absolute atomic E-state index is 0.0689. The SMILES string of the molecule is CC1OC(=O)C([C@@H]2OC2C)=C[C@@H]1O. The van der Waals surface area contributed by atoms with Crippen LogP contribution < -0.4 is 0 Å². The van der Waals surface area contributed by atoms with E-state index < -0.39 is 12.2 Å². The first-order chi connectivity index (χ1) is 6.09. The quantitative estimate of drug-likeness (QED) is 0.460. The number of hydrogen-bond acceptors (Lipinski definition) is 4. The van der Waals surface area contributed by atoms with Crippen molar-refractivity contribution in [1.29, 1.82) is 0 Å². The van der Waals surface area contributed by atoms with Crippen molar-refractivity contribution < 1.29 is 19.4 Å². The van der Waals surface area contributed by atoms with Crippen molar-refractivity contribution in [2.24, 2.45) is 0 Å². The van der Waals surface area contributed by atoms with Gasteiger partial charge in [-0.15, -0.1) is 0 Å². The summed E-state index contributed by atoms with van der Waals surface area (Å²) in [6, 6.07) is 0. The van der Waals surface area contributed by atoms with Crippen LogP contribution in [0.3, 0.4) is 0 Å². The standard InChI is InChI=1S/C9H12O4/c1-4-7(10)3-6(9(11)13-4)8-5(2)12-8/h3-5,7-8,10H,1-2H3/t4?,5?,7-,8+/m0/s1. The molecule has 4 atom stereocenters. The minimum Gasteiger partial charge on any atom is -0.456 e. The van der Waals surface area contributed by atoms with Gasteiger partial charge in [-0.25, -0.2) is 4.79 Å². The van der Waals surface area contributed by atoms with Crippen molar-refractivity contribution in [2.45, 2.75) is 38.3 Å². The first-order valence-corrected chi connectivity index (χ1v) is 4.36. The number of aliphatic hydroxyl groups excluding tert-OH is 1. The highest BCUT2D eigenvalue weighted by molar-refractivity contribution is 5.91. The molecule has 0 radical (unpaired) electrons. The van der Waals surface area contributed by atoms with E-state index in [1.54, 1.807) is 6.92 Å². The van der Waals surface area contributed by atoms with E-state index >= 15 is 0 Å². The van der Waals surface area contributed by atoms with E-state index in [1.165, 1.54) is 6.08 Å². The van der Waals surface area contributed by atoms with Gasteiger partial charge in [-0.1, -0.05) is 0 Å². The van der Waals surface area contributed by atoms with Gasteiger partial charge in [0, 0.05) is 0 Å². The van der Waals surface area contributed by atoms with Gasteiger partial charge in [0.25, 0.3) is 0 Å². The third-order valence-electron chi connectivity index (χ3n) is 2.38. The van der Waals surface area contributed by atoms with Crippen molar-refractivity contribution in [1.82, 2.24) is 0 Å². The van der Waals surface area contributed by atoms with E-state index in [0.29, 0.717) is 5.57 Å². The number of rotatable bonds is 1. The lowest BCUT2D eigenvalue weighted by Crippen LogP contribution is -2.34. The topological polar surface area (TPSA) is 59.1 Å². The molecule has 0 aromatic carbocycles. The fourth-order valence-corrected chi connectivity index (χ4v) is 1.42. The number of carbonyl (C=O) groups excluding carboxylic acids is 1. The zero-order valence-electron chi connectivity index (χ0n) is 7.56. The number of aliphatic hydroxyl groups is 1. The van der Waals surface area contributed by atoms with Crippen molar-refractivity contribution in [2.75, 3.05) is 0 Å². The van der Waals surface area contributed by atoms with Crippen LogP contribution in [0.5, 0.6) is 0 Å². The molecule has 1 N–H and O–H groups in total. The molecular formula is C9H12O4. The Labute approximate surface area is 76.1 Å². The second kappa shape index (κ2) is 2.82. The summed E-state index contributed by atoms with van der Waals surface area (Å²) in [6.07, 6.45) is 0.272. The average Bonchev–Trinajstić information content (AvgIpc) is 2.75. The fraction of sp³-hybridized carbons (Fsp3) is 0.667. The molecule has 2 heterocycles. The van der Waals surface area contributed by atoms with Crippen LogP contribution in [0.2, 0.25) is 0 Å². The second-order valence-electron chi connectivity index (χ2n) is 3.48. The Morgan fingerprint density at radius 2 is 2.00 bits per heavy atom. The molecule has 4 nitrogen and oxygen atoms in total. The maximum atomic E-state index is 11.3. The minimum atomic E-state index is -0.705. The summed E-state index contributed by atoms with van der Waals surface area (Å²) in [7, 11) is 0. The van der Waals surface area contributed by atoms with Crippen molar-refractivity contribution >= 4 is 5.97 Å². The molecule has 0 saturated carbocycles. The van der Waals surface area contributed by atoms with Gasteiger partial charge in [0.05, 0.1) is 11.7 Å². The number of carbonyl (C=O) groups is 1. The van der Waals surface area contributed by atoms with Gasteiger partial charge in [0.1, 0.15) is 18.3 Å². The zero-order valence-corrected chi connectivity index (χ0v) is 7.56. The summed E-state index contributed by atoms with van der Waals surface area (Å²) < 4.78 is 10.1. The van der Waals surface area contributed by atoms with Crippen LogP contribution in [0.1, 0.15) is 13.8 Å². The van der Waals surface area contributed by atoms with Gasteiger partial charge < -0.3 is 14.6 Å². The third kappa shape index (κ3) is 1.47. The van der Waals surface area contributed by atoms with Crippen LogP contribution in [0.15, 0.2) is 11.6 Å². The number of epoxide rings is 1. The van der Waals surface area contributed by atoms with E-state index in [9.17, 15) is 9.90 Å². The van der Waals surface area contributed by atoms with Crippen molar-refractivity contribution in [3.8, 4) is 0 Å². The summed E-state index contributed by atoms with van der Waals surface area (Å²) >= 11 is 0. The van der Waals surface area contributed by atoms with Crippen LogP contribution in [0, 0.1) is 0 Å². The third-order valence-corrected chi connectivity index (χ3v) is 2.38. The van der Waals surface area contributed by atoms with Crippen molar-refractivity contribution in [3.63, 3.8) is 0 Å². The summed E-state index contributed by atoms with van der Waals surface area (Å²) in [4.78, 5) is 11.3. The van der Waals surface area contributed by atoms with Crippen LogP contribution in [-0.2, 0) is 14.3 Å². The van der Waals surface area contributed by atoms with Gasteiger partial charge in [-0.05, 0) is 19.9 Å². The molecule has 72 valence electrons. The average molecular weight is 184 g/mol. The van der Waals surface area contributed by atoms with Gasteiger partial charge in [-0.3, -0.25) is 0 Å². The Balaban J connectivity index is 2.17. The predicted molar refractivity (Wildman–Crippen MR) is 44.0 cm³/mol. The van der Waals surface area contributed by atoms with E-state index in [4.69, 9.17) is 9.47 Å². The van der Waals surface area contributed by atoms with E-state index in [1.807, 2.05) is 6.92 Å². The number of ether oxygens (including phenoxy) is 2. The highest BCUT2D eigenvalue weighted by atomic mass is 16.6. The number of cyclic esters (lactones) is 1. The molecule has 2 unspecified atom stereocenters. The molecule has 0 aromatic rings. The normalized spacial score (nSPS) is 43.9. The molecule has 2 aliphatic rings. The smallest absolute Gasteiger partial charge is 0.336 e. The first-order valence-electron chi connectivity index (χ1n) is 4.36. The molecule has 0 aromatic heterocycles. The van der Waals surface area contributed by atoms with Crippen LogP contribution >= 0.6 is 0 Å². The predicted octanol–water partition coefficient (Wildman–Crippen LogP) is 0.00630. The lowest BCUT2D eigenvalue weighted by atomic mass is 10.0. The molecule has 2 rings (SSSR count). The van der Waals surface area contributed by atoms with E-state index in [-0.39, 0.29) is 18.2 Å². The molecule has 1 fully saturated rings. The molecule has 0 aliphatic carbocycles. The van der Waals surface area contributed by atoms with Crippen LogP contribution in [0.25, 0.3) is 0 Å². The van der Waals surface area contributed by atoms with Gasteiger partial charge in [-0.2, -0.15) is 0 Å². The van der Waals surface area contributed by atoms with Crippen LogP contribution in [-0.4, -0.2) is 35.5 Å². The molecule has 2 aliphatic heterocycles. The molecule has 1 saturated heterocycles. The summed E-state index contributed by atoms with van der Waals surface area (Å²) in [5.74, 6) is -0.368. The molecule has 13 heavy (non-hydrogen) atoms. The first kappa shape index (κ1) is 8.72. The number of hydrogen-bond donors (Lipinski definition) is 1. The highest BCUT2D eigenvalue weighted by Crippen LogP contribution is 2.32. The van der Waals surface area contributed by atoms with Crippen molar-refractivity contribution in [3.05, 3.63) is 11.6 Å². The zero-order chi connectivity index (χ0) is 9.59. The Morgan fingerprint density at radius 1 is 1.38 bits per heavy atom. The summed E-state index contributed by atoms with van der Waals surface area (Å²) in [5, 5.41) is 9.42. The van der Waals surface area contributed by atoms with Gasteiger partial charge in [0.2, 0.25) is 0 Å². The van der Waals surface area contributed by atoms with Gasteiger partial charge >= 0.3 is 5.97 Å². The fourth-order valence-electron chi connectivity index (χ4n) is 1.42. The van der Waals surface area contributed by atoms with Crippen LogP contribution in [0.4, 0.5) is 0 Å². The summed E-state index contributed by atoms with van der Waals surface area (Å²) in [5.41, 5.74) is 0.457. The highest BCUT2D eigenvalue weighted by Gasteiger charge is 2.44. The second-order valence-corrected chi connectivity index (χ2v) is 3.48. The molecule has 4 heteroatoms. The molecule has 0 spiro atoms. The monoisotopic (exact) mass is 184 g/mol. The van der Waals surface area contributed by atoms with E-state index in [0.717, 1.165) is 0 Å². The van der Waals surface area contributed by atoms with E-state index in [2.05, 4.69) is 0 Å². The Bertz CT molecular complexity index is 271. The lowest BCUT2D eigenvalue weighted by molar-refractivity contribution is -0.150. The lowest BCUT2D eigenvalue weighted by Gasteiger charge is -2.22.